The Kier molecular flexibility index (Phi) is 7.02. The molecule has 1 heterocycles. The van der Waals surface area contributed by atoms with Crippen molar-refractivity contribution in [2.45, 2.75) is 38.1 Å². The van der Waals surface area contributed by atoms with Gasteiger partial charge < -0.3 is 15.1 Å². The molecule has 0 atom stereocenters. The summed E-state index contributed by atoms with van der Waals surface area (Å²) >= 11 is 0. The number of alkyl halides is 3. The van der Waals surface area contributed by atoms with E-state index < -0.39 is 17.6 Å². The summed E-state index contributed by atoms with van der Waals surface area (Å²) in [6.07, 6.45) is -1.06. The second-order valence-corrected chi connectivity index (χ2v) is 8.26. The Balaban J connectivity index is 1.44. The Morgan fingerprint density at radius 3 is 2.35 bits per heavy atom. The van der Waals surface area contributed by atoms with Crippen LogP contribution >= 0.6 is 0 Å². The van der Waals surface area contributed by atoms with E-state index in [9.17, 15) is 22.8 Å². The predicted octanol–water partition coefficient (Wildman–Crippen LogP) is 4.83. The van der Waals surface area contributed by atoms with Crippen LogP contribution in [0.3, 0.4) is 0 Å². The van der Waals surface area contributed by atoms with Gasteiger partial charge in [-0.2, -0.15) is 13.2 Å². The number of furan rings is 1. The molecule has 1 aromatic heterocycles. The monoisotopic (exact) mass is 471 g/mol. The van der Waals surface area contributed by atoms with Crippen molar-refractivity contribution in [3.8, 4) is 0 Å². The van der Waals surface area contributed by atoms with Crippen LogP contribution in [0.4, 0.5) is 18.9 Å². The highest BCUT2D eigenvalue weighted by Gasteiger charge is 2.33. The van der Waals surface area contributed by atoms with E-state index in [0.717, 1.165) is 24.5 Å². The number of amides is 2. The molecule has 2 N–H and O–H groups in total. The molecule has 0 bridgehead atoms. The van der Waals surface area contributed by atoms with Gasteiger partial charge in [-0.05, 0) is 54.8 Å². The minimum Gasteiger partial charge on any atom is -0.468 e. The second-order valence-electron chi connectivity index (χ2n) is 8.26. The average molecular weight is 471 g/mol. The topological polar surface area (TPSA) is 74.6 Å². The van der Waals surface area contributed by atoms with E-state index in [-0.39, 0.29) is 30.7 Å². The SMILES string of the molecule is O=C(CN(Cc1ccc(C(=O)NC2CC2)cc1)Cc1ccco1)Nc1ccccc1C(F)(F)F. The maximum absolute atomic E-state index is 13.3. The van der Waals surface area contributed by atoms with Crippen LogP contribution in [0.2, 0.25) is 0 Å². The minimum atomic E-state index is -4.58. The molecule has 0 spiro atoms. The van der Waals surface area contributed by atoms with Crippen molar-refractivity contribution >= 4 is 17.5 Å². The van der Waals surface area contributed by atoms with Crippen molar-refractivity contribution in [1.29, 1.82) is 0 Å². The molecule has 6 nitrogen and oxygen atoms in total. The molecule has 2 aromatic carbocycles. The lowest BCUT2D eigenvalue weighted by Crippen LogP contribution is -2.33. The van der Waals surface area contributed by atoms with Crippen molar-refractivity contribution in [1.82, 2.24) is 10.2 Å². The Bertz CT molecular complexity index is 1120. The number of carbonyl (C=O) groups is 2. The van der Waals surface area contributed by atoms with Gasteiger partial charge in [0.15, 0.2) is 0 Å². The highest BCUT2D eigenvalue weighted by atomic mass is 19.4. The fourth-order valence-electron chi connectivity index (χ4n) is 3.54. The van der Waals surface area contributed by atoms with E-state index in [1.165, 1.54) is 24.5 Å². The third-order valence-electron chi connectivity index (χ3n) is 5.37. The van der Waals surface area contributed by atoms with Crippen LogP contribution in [0, 0.1) is 0 Å². The number of hydrogen-bond donors (Lipinski definition) is 2. The summed E-state index contributed by atoms with van der Waals surface area (Å²) in [6, 6.07) is 15.6. The smallest absolute Gasteiger partial charge is 0.418 e. The molecule has 1 fully saturated rings. The van der Waals surface area contributed by atoms with Crippen molar-refractivity contribution in [2.24, 2.45) is 0 Å². The van der Waals surface area contributed by atoms with Gasteiger partial charge in [-0.25, -0.2) is 0 Å². The molecule has 2 amide bonds. The first-order chi connectivity index (χ1) is 16.3. The standard InChI is InChI=1S/C25H24F3N3O3/c26-25(27,28)21-5-1-2-6-22(21)30-23(32)16-31(15-20-4-3-13-34-20)14-17-7-9-18(10-8-17)24(33)29-19-11-12-19/h1-10,13,19H,11-12,14-16H2,(H,29,33)(H,30,32). The number of halogens is 3. The summed E-state index contributed by atoms with van der Waals surface area (Å²) in [6.45, 7) is 0.460. The van der Waals surface area contributed by atoms with Gasteiger partial charge in [0.1, 0.15) is 5.76 Å². The maximum atomic E-state index is 13.3. The lowest BCUT2D eigenvalue weighted by molar-refractivity contribution is -0.137. The number of para-hydroxylation sites is 1. The molecule has 0 unspecified atom stereocenters. The van der Waals surface area contributed by atoms with Crippen LogP contribution in [0.1, 0.15) is 40.1 Å². The molecule has 0 saturated heterocycles. The first-order valence-electron chi connectivity index (χ1n) is 10.9. The summed E-state index contributed by atoms with van der Waals surface area (Å²) in [5.41, 5.74) is 0.206. The fraction of sp³-hybridized carbons (Fsp3) is 0.280. The van der Waals surface area contributed by atoms with Gasteiger partial charge in [-0.1, -0.05) is 24.3 Å². The van der Waals surface area contributed by atoms with E-state index in [2.05, 4.69) is 10.6 Å². The van der Waals surface area contributed by atoms with E-state index >= 15 is 0 Å². The number of rotatable bonds is 9. The molecule has 4 rings (SSSR count). The summed E-state index contributed by atoms with van der Waals surface area (Å²) in [5.74, 6) is -0.0863. The number of carbonyl (C=O) groups excluding carboxylic acids is 2. The lowest BCUT2D eigenvalue weighted by atomic mass is 10.1. The third kappa shape index (κ3) is 6.48. The third-order valence-corrected chi connectivity index (χ3v) is 5.37. The highest BCUT2D eigenvalue weighted by molar-refractivity contribution is 5.94. The van der Waals surface area contributed by atoms with Crippen LogP contribution in [-0.4, -0.2) is 29.3 Å². The summed E-state index contributed by atoms with van der Waals surface area (Å²) in [7, 11) is 0. The summed E-state index contributed by atoms with van der Waals surface area (Å²) < 4.78 is 45.2. The van der Waals surface area contributed by atoms with Crippen LogP contribution in [0.25, 0.3) is 0 Å². The Morgan fingerprint density at radius 1 is 0.971 bits per heavy atom. The van der Waals surface area contributed by atoms with Crippen molar-refractivity contribution < 1.29 is 27.2 Å². The van der Waals surface area contributed by atoms with Crippen LogP contribution in [-0.2, 0) is 24.1 Å². The first-order valence-corrected chi connectivity index (χ1v) is 10.9. The fourth-order valence-corrected chi connectivity index (χ4v) is 3.54. The van der Waals surface area contributed by atoms with Crippen molar-refractivity contribution in [2.75, 3.05) is 11.9 Å². The molecule has 0 aliphatic heterocycles. The second kappa shape index (κ2) is 10.1. The van der Waals surface area contributed by atoms with Crippen LogP contribution < -0.4 is 10.6 Å². The van der Waals surface area contributed by atoms with Gasteiger partial charge in [0.2, 0.25) is 5.91 Å². The van der Waals surface area contributed by atoms with E-state index in [0.29, 0.717) is 17.9 Å². The molecule has 1 saturated carbocycles. The molecule has 1 aliphatic rings. The highest BCUT2D eigenvalue weighted by Crippen LogP contribution is 2.34. The quantitative estimate of drug-likeness (QED) is 0.469. The lowest BCUT2D eigenvalue weighted by Gasteiger charge is -2.22. The Morgan fingerprint density at radius 2 is 1.71 bits per heavy atom. The number of nitrogens with one attached hydrogen (secondary N) is 2. The van der Waals surface area contributed by atoms with Gasteiger partial charge >= 0.3 is 6.18 Å². The minimum absolute atomic E-state index is 0.121. The Hall–Kier alpha value is -3.59. The normalized spacial score (nSPS) is 13.6. The maximum Gasteiger partial charge on any atom is 0.418 e. The number of nitrogens with zero attached hydrogens (tertiary/aromatic N) is 1. The summed E-state index contributed by atoms with van der Waals surface area (Å²) in [4.78, 5) is 26.6. The zero-order valence-electron chi connectivity index (χ0n) is 18.3. The largest absolute Gasteiger partial charge is 0.468 e. The molecule has 9 heteroatoms. The van der Waals surface area contributed by atoms with Crippen LogP contribution in [0.5, 0.6) is 0 Å². The Labute approximate surface area is 194 Å². The molecule has 34 heavy (non-hydrogen) atoms. The molecular formula is C25H24F3N3O3. The van der Waals surface area contributed by atoms with Gasteiger partial charge in [0, 0.05) is 18.2 Å². The molecular weight excluding hydrogens is 447 g/mol. The van der Waals surface area contributed by atoms with E-state index in [1.807, 2.05) is 0 Å². The van der Waals surface area contributed by atoms with E-state index in [1.54, 1.807) is 41.3 Å². The molecule has 3 aromatic rings. The average Bonchev–Trinajstić information content (AvgIpc) is 3.45. The zero-order chi connectivity index (χ0) is 24.1. The zero-order valence-corrected chi connectivity index (χ0v) is 18.3. The van der Waals surface area contributed by atoms with Crippen LogP contribution in [0.15, 0.2) is 71.3 Å². The number of benzene rings is 2. The molecule has 1 aliphatic carbocycles. The van der Waals surface area contributed by atoms with Gasteiger partial charge in [-0.15, -0.1) is 0 Å². The molecule has 178 valence electrons. The van der Waals surface area contributed by atoms with Crippen molar-refractivity contribution in [3.63, 3.8) is 0 Å². The van der Waals surface area contributed by atoms with Gasteiger partial charge in [-0.3, -0.25) is 14.5 Å². The number of hydrogen-bond acceptors (Lipinski definition) is 4. The molecule has 0 radical (unpaired) electrons. The first kappa shape index (κ1) is 23.6. The van der Waals surface area contributed by atoms with Crippen molar-refractivity contribution in [3.05, 3.63) is 89.4 Å². The van der Waals surface area contributed by atoms with Gasteiger partial charge in [0.05, 0.1) is 30.6 Å². The predicted molar refractivity (Wildman–Crippen MR) is 120 cm³/mol. The van der Waals surface area contributed by atoms with Gasteiger partial charge in [0.25, 0.3) is 5.91 Å². The number of anilines is 1. The summed E-state index contributed by atoms with van der Waals surface area (Å²) in [5, 5.41) is 5.31. The van der Waals surface area contributed by atoms with E-state index in [4.69, 9.17) is 4.42 Å².